The highest BCUT2D eigenvalue weighted by Gasteiger charge is 2.38. The lowest BCUT2D eigenvalue weighted by Gasteiger charge is -2.34. The number of carbonyl (C=O) groups is 2. The van der Waals surface area contributed by atoms with Crippen molar-refractivity contribution in [2.24, 2.45) is 0 Å². The number of rotatable bonds is 5. The lowest BCUT2D eigenvalue weighted by atomic mass is 10.1. The van der Waals surface area contributed by atoms with Crippen molar-refractivity contribution in [1.29, 1.82) is 0 Å². The molecule has 9 nitrogen and oxygen atoms in total. The van der Waals surface area contributed by atoms with E-state index in [1.54, 1.807) is 25.1 Å². The zero-order chi connectivity index (χ0) is 26.6. The Labute approximate surface area is 200 Å². The Hall–Kier alpha value is -3.32. The third-order valence-corrected chi connectivity index (χ3v) is 6.73. The van der Waals surface area contributed by atoms with Crippen LogP contribution in [-0.2, 0) is 14.8 Å². The van der Waals surface area contributed by atoms with Gasteiger partial charge in [-0.15, -0.1) is 0 Å². The van der Waals surface area contributed by atoms with Crippen LogP contribution in [0.3, 0.4) is 0 Å². The number of carboxylic acids is 2. The van der Waals surface area contributed by atoms with Crippen molar-refractivity contribution in [2.75, 3.05) is 42.8 Å². The van der Waals surface area contributed by atoms with Gasteiger partial charge in [0, 0.05) is 31.9 Å². The topological polar surface area (TPSA) is 127 Å². The Kier molecular flexibility index (Phi) is 8.74. The van der Waals surface area contributed by atoms with Crippen molar-refractivity contribution in [3.63, 3.8) is 0 Å². The van der Waals surface area contributed by atoms with Crippen LogP contribution in [0.2, 0.25) is 0 Å². The van der Waals surface area contributed by atoms with Gasteiger partial charge in [0.15, 0.2) is 0 Å². The van der Waals surface area contributed by atoms with Crippen LogP contribution >= 0.6 is 0 Å². The molecule has 3 rings (SSSR count). The SMILES string of the molecule is Cc1ccc(C)c(S(=O)(=O)Nc2ccc(N3CCN(C)CC3)cc2C(=O)O)c1.O=C(O)C(F)(F)F. The van der Waals surface area contributed by atoms with E-state index >= 15 is 0 Å². The van der Waals surface area contributed by atoms with E-state index in [0.717, 1.165) is 37.4 Å². The predicted octanol–water partition coefficient (Wildman–Crippen LogP) is 3.19. The number of anilines is 2. The van der Waals surface area contributed by atoms with Crippen LogP contribution in [0, 0.1) is 13.8 Å². The Morgan fingerprint density at radius 3 is 2.06 bits per heavy atom. The monoisotopic (exact) mass is 517 g/mol. The van der Waals surface area contributed by atoms with Gasteiger partial charge in [-0.25, -0.2) is 18.0 Å². The summed E-state index contributed by atoms with van der Waals surface area (Å²) in [5.41, 5.74) is 2.19. The van der Waals surface area contributed by atoms with Crippen LogP contribution in [0.1, 0.15) is 21.5 Å². The molecule has 1 aliphatic heterocycles. The number of piperazine rings is 1. The molecule has 0 atom stereocenters. The highest BCUT2D eigenvalue weighted by atomic mass is 32.2. The summed E-state index contributed by atoms with van der Waals surface area (Å²) in [6, 6.07) is 9.98. The number of hydrogen-bond acceptors (Lipinski definition) is 6. The minimum Gasteiger partial charge on any atom is -0.478 e. The second-order valence-corrected chi connectivity index (χ2v) is 9.65. The largest absolute Gasteiger partial charge is 0.490 e. The number of nitrogens with one attached hydrogen (secondary N) is 1. The average Bonchev–Trinajstić information content (AvgIpc) is 2.75. The van der Waals surface area contributed by atoms with Gasteiger partial charge in [0.1, 0.15) is 0 Å². The number of benzene rings is 2. The summed E-state index contributed by atoms with van der Waals surface area (Å²) in [5, 5.41) is 16.8. The van der Waals surface area contributed by atoms with Crippen molar-refractivity contribution < 1.29 is 41.4 Å². The summed E-state index contributed by atoms with van der Waals surface area (Å²) in [6.07, 6.45) is -5.08. The molecule has 35 heavy (non-hydrogen) atoms. The van der Waals surface area contributed by atoms with Gasteiger partial charge in [-0.1, -0.05) is 12.1 Å². The van der Waals surface area contributed by atoms with Crippen molar-refractivity contribution in [3.8, 4) is 0 Å². The summed E-state index contributed by atoms with van der Waals surface area (Å²) in [4.78, 5) is 25.1. The standard InChI is InChI=1S/C20H25N3O4S.C2HF3O2/c1-14-4-5-15(2)19(12-14)28(26,27)21-18-7-6-16(13-17(18)20(24)25)23-10-8-22(3)9-11-23;3-2(4,5)1(6)7/h4-7,12-13,21H,8-11H2,1-3H3,(H,24,25);(H,6,7). The summed E-state index contributed by atoms with van der Waals surface area (Å²) >= 11 is 0. The van der Waals surface area contributed by atoms with E-state index in [-0.39, 0.29) is 16.1 Å². The molecule has 1 heterocycles. The van der Waals surface area contributed by atoms with Crippen molar-refractivity contribution in [3.05, 3.63) is 53.1 Å². The van der Waals surface area contributed by atoms with Gasteiger partial charge < -0.3 is 20.0 Å². The van der Waals surface area contributed by atoms with Crippen molar-refractivity contribution in [1.82, 2.24) is 4.90 Å². The van der Waals surface area contributed by atoms with Gasteiger partial charge in [-0.2, -0.15) is 13.2 Å². The maximum absolute atomic E-state index is 12.9. The average molecular weight is 518 g/mol. The number of aryl methyl sites for hydroxylation is 2. The molecule has 2 aromatic rings. The van der Waals surface area contributed by atoms with Crippen LogP contribution in [0.25, 0.3) is 0 Å². The number of nitrogens with zero attached hydrogens (tertiary/aromatic N) is 2. The van der Waals surface area contributed by atoms with E-state index < -0.39 is 28.1 Å². The summed E-state index contributed by atoms with van der Waals surface area (Å²) in [6.45, 7) is 6.90. The Morgan fingerprint density at radius 1 is 0.971 bits per heavy atom. The molecule has 0 unspecified atom stereocenters. The van der Waals surface area contributed by atoms with Gasteiger partial charge in [0.05, 0.1) is 16.1 Å². The van der Waals surface area contributed by atoms with E-state index in [0.29, 0.717) is 5.56 Å². The van der Waals surface area contributed by atoms with Crippen molar-refractivity contribution >= 4 is 33.3 Å². The molecular weight excluding hydrogens is 491 g/mol. The van der Waals surface area contributed by atoms with E-state index in [4.69, 9.17) is 9.90 Å². The number of likely N-dealkylation sites (N-methyl/N-ethyl adjacent to an activating group) is 1. The quantitative estimate of drug-likeness (QED) is 0.552. The normalized spacial score (nSPS) is 14.6. The summed E-state index contributed by atoms with van der Waals surface area (Å²) in [5.74, 6) is -3.93. The summed E-state index contributed by atoms with van der Waals surface area (Å²) in [7, 11) is -1.85. The molecule has 0 bridgehead atoms. The second-order valence-electron chi connectivity index (χ2n) is 8.00. The molecule has 1 aliphatic rings. The van der Waals surface area contributed by atoms with Crippen LogP contribution in [0.4, 0.5) is 24.5 Å². The molecule has 192 valence electrons. The second kappa shape index (κ2) is 11.0. The Morgan fingerprint density at radius 2 is 1.54 bits per heavy atom. The molecule has 2 aromatic carbocycles. The van der Waals surface area contributed by atoms with Crippen LogP contribution in [-0.4, -0.2) is 74.9 Å². The first kappa shape index (κ1) is 27.9. The zero-order valence-electron chi connectivity index (χ0n) is 19.3. The highest BCUT2D eigenvalue weighted by Crippen LogP contribution is 2.27. The molecule has 3 N–H and O–H groups in total. The van der Waals surface area contributed by atoms with E-state index in [9.17, 15) is 31.5 Å². The lowest BCUT2D eigenvalue weighted by molar-refractivity contribution is -0.192. The first-order valence-electron chi connectivity index (χ1n) is 10.3. The lowest BCUT2D eigenvalue weighted by Crippen LogP contribution is -2.44. The predicted molar refractivity (Wildman–Crippen MR) is 124 cm³/mol. The molecular formula is C22H26F3N3O6S. The molecule has 0 radical (unpaired) electrons. The molecule has 0 aromatic heterocycles. The number of aliphatic carboxylic acids is 1. The molecule has 1 fully saturated rings. The van der Waals surface area contributed by atoms with E-state index in [2.05, 4.69) is 14.5 Å². The maximum atomic E-state index is 12.9. The maximum Gasteiger partial charge on any atom is 0.490 e. The van der Waals surface area contributed by atoms with Crippen LogP contribution in [0.5, 0.6) is 0 Å². The molecule has 0 saturated carbocycles. The third kappa shape index (κ3) is 7.59. The number of carboxylic acid groups (broad SMARTS) is 2. The highest BCUT2D eigenvalue weighted by molar-refractivity contribution is 7.92. The van der Waals surface area contributed by atoms with Gasteiger partial charge in [-0.3, -0.25) is 4.72 Å². The molecule has 0 spiro atoms. The number of aromatic carboxylic acids is 1. The summed E-state index contributed by atoms with van der Waals surface area (Å²) < 4.78 is 59.9. The minimum absolute atomic E-state index is 0.0614. The van der Waals surface area contributed by atoms with Gasteiger partial charge in [0.2, 0.25) is 0 Å². The number of sulfonamides is 1. The number of hydrogen-bond donors (Lipinski definition) is 3. The van der Waals surface area contributed by atoms with Crippen LogP contribution < -0.4 is 9.62 Å². The molecule has 1 saturated heterocycles. The smallest absolute Gasteiger partial charge is 0.478 e. The fraction of sp³-hybridized carbons (Fsp3) is 0.364. The Balaban J connectivity index is 0.000000540. The van der Waals surface area contributed by atoms with E-state index in [1.807, 2.05) is 20.0 Å². The van der Waals surface area contributed by atoms with Crippen LogP contribution in [0.15, 0.2) is 41.3 Å². The Bertz CT molecular complexity index is 1190. The number of alkyl halides is 3. The van der Waals surface area contributed by atoms with Gasteiger partial charge in [-0.05, 0) is 56.3 Å². The molecule has 13 heteroatoms. The number of halogens is 3. The van der Waals surface area contributed by atoms with E-state index in [1.165, 1.54) is 12.1 Å². The third-order valence-electron chi connectivity index (χ3n) is 5.22. The fourth-order valence-corrected chi connectivity index (χ4v) is 4.67. The zero-order valence-corrected chi connectivity index (χ0v) is 20.1. The molecule has 0 amide bonds. The van der Waals surface area contributed by atoms with Gasteiger partial charge in [0.25, 0.3) is 10.0 Å². The fourth-order valence-electron chi connectivity index (χ4n) is 3.26. The minimum atomic E-state index is -5.08. The first-order chi connectivity index (χ1) is 16.1. The van der Waals surface area contributed by atoms with Crippen molar-refractivity contribution in [2.45, 2.75) is 24.9 Å². The molecule has 0 aliphatic carbocycles. The van der Waals surface area contributed by atoms with Gasteiger partial charge >= 0.3 is 18.1 Å². The first-order valence-corrected chi connectivity index (χ1v) is 11.8.